The van der Waals surface area contributed by atoms with Crippen LogP contribution in [-0.4, -0.2) is 33.8 Å². The second-order valence-corrected chi connectivity index (χ2v) is 7.86. The molecule has 0 radical (unpaired) electrons. The van der Waals surface area contributed by atoms with Crippen molar-refractivity contribution in [3.05, 3.63) is 0 Å². The van der Waals surface area contributed by atoms with Gasteiger partial charge in [0, 0.05) is 0 Å². The van der Waals surface area contributed by atoms with Crippen LogP contribution in [0.15, 0.2) is 0 Å². The van der Waals surface area contributed by atoms with Crippen molar-refractivity contribution in [3.63, 3.8) is 0 Å². The van der Waals surface area contributed by atoms with E-state index in [2.05, 4.69) is 12.8 Å². The Kier molecular flexibility index (Phi) is 4.84. The van der Waals surface area contributed by atoms with Crippen molar-refractivity contribution in [3.8, 4) is 0 Å². The molecular weight excluding hydrogens is 306 g/mol. The molecule has 0 bridgehead atoms. The van der Waals surface area contributed by atoms with Gasteiger partial charge in [0.25, 0.3) is 0 Å². The van der Waals surface area contributed by atoms with Crippen molar-refractivity contribution in [2.24, 2.45) is 0 Å². The second kappa shape index (κ2) is 4.76. The fourth-order valence-corrected chi connectivity index (χ4v) is 4.00. The lowest BCUT2D eigenvalue weighted by Crippen LogP contribution is -2.32. The van der Waals surface area contributed by atoms with Crippen LogP contribution in [0.25, 0.3) is 0 Å². The molecule has 0 aliphatic heterocycles. The van der Waals surface area contributed by atoms with Crippen molar-refractivity contribution >= 4 is 25.8 Å². The summed E-state index contributed by atoms with van der Waals surface area (Å²) in [6, 6.07) is 0. The van der Waals surface area contributed by atoms with Gasteiger partial charge < -0.3 is 9.79 Å². The molecule has 0 amide bonds. The van der Waals surface area contributed by atoms with Crippen LogP contribution in [0.1, 0.15) is 13.8 Å². The molecule has 0 aliphatic carbocycles. The SMILES string of the molecule is CC(C)OP(=O)(O)OP(=O)(O)OS(=O)(O)(O)O. The fourth-order valence-electron chi connectivity index (χ4n) is 0.594. The Morgan fingerprint density at radius 3 is 1.76 bits per heavy atom. The summed E-state index contributed by atoms with van der Waals surface area (Å²) in [5.74, 6) is 0. The zero-order valence-corrected chi connectivity index (χ0v) is 11.2. The van der Waals surface area contributed by atoms with Crippen molar-refractivity contribution in [2.75, 3.05) is 0 Å². The highest BCUT2D eigenvalue weighted by atomic mass is 32.3. The lowest BCUT2D eigenvalue weighted by Gasteiger charge is -2.25. The van der Waals surface area contributed by atoms with Gasteiger partial charge >= 0.3 is 25.8 Å². The van der Waals surface area contributed by atoms with Crippen molar-refractivity contribution in [2.45, 2.75) is 20.0 Å². The molecule has 0 aromatic carbocycles. The number of phosphoric acid groups is 2. The normalized spacial score (nSPS) is 22.5. The number of hydrogen-bond donors (Lipinski definition) is 5. The molecule has 106 valence electrons. The first-order valence-electron chi connectivity index (χ1n) is 3.77. The minimum Gasteiger partial charge on any atom is -0.302 e. The van der Waals surface area contributed by atoms with Crippen LogP contribution in [0.2, 0.25) is 0 Å². The van der Waals surface area contributed by atoms with Crippen LogP contribution in [0.5, 0.6) is 0 Å². The molecule has 17 heavy (non-hydrogen) atoms. The van der Waals surface area contributed by atoms with E-state index in [-0.39, 0.29) is 0 Å². The Labute approximate surface area is 96.0 Å². The summed E-state index contributed by atoms with van der Waals surface area (Å²) in [6.45, 7) is 2.57. The molecule has 2 unspecified atom stereocenters. The molecule has 2 atom stereocenters. The third kappa shape index (κ3) is 9.94. The zero-order valence-electron chi connectivity index (χ0n) is 8.57. The first-order valence-corrected chi connectivity index (χ1v) is 8.52. The lowest BCUT2D eigenvalue weighted by atomic mass is 10.5. The number of rotatable bonds is 6. The van der Waals surface area contributed by atoms with Crippen LogP contribution < -0.4 is 0 Å². The minimum absolute atomic E-state index is 0.885. The first-order chi connectivity index (χ1) is 7.08. The Morgan fingerprint density at radius 2 is 1.47 bits per heavy atom. The molecule has 0 aliphatic rings. The Bertz CT molecular complexity index is 423. The summed E-state index contributed by atoms with van der Waals surface area (Å²) >= 11 is 0. The lowest BCUT2D eigenvalue weighted by molar-refractivity contribution is 0.136. The summed E-state index contributed by atoms with van der Waals surface area (Å²) in [6.07, 6.45) is -0.885. The highest BCUT2D eigenvalue weighted by Gasteiger charge is 2.44. The van der Waals surface area contributed by atoms with Gasteiger partial charge in [-0.3, -0.25) is 18.2 Å². The van der Waals surface area contributed by atoms with Gasteiger partial charge in [0.15, 0.2) is 0 Å². The summed E-state index contributed by atoms with van der Waals surface area (Å²) in [5.41, 5.74) is 0. The summed E-state index contributed by atoms with van der Waals surface area (Å²) in [4.78, 5) is 17.6. The summed E-state index contributed by atoms with van der Waals surface area (Å²) in [7, 11) is -17.6. The highest BCUT2D eigenvalue weighted by Crippen LogP contribution is 2.62. The van der Waals surface area contributed by atoms with Gasteiger partial charge in [0.1, 0.15) is 0 Å². The van der Waals surface area contributed by atoms with Crippen LogP contribution >= 0.6 is 15.6 Å². The topological polar surface area (TPSA) is 180 Å². The van der Waals surface area contributed by atoms with Gasteiger partial charge in [-0.15, -0.1) is 3.97 Å². The van der Waals surface area contributed by atoms with E-state index in [9.17, 15) is 13.3 Å². The van der Waals surface area contributed by atoms with Crippen LogP contribution in [0, 0.1) is 0 Å². The number of phosphoric ester groups is 1. The van der Waals surface area contributed by atoms with E-state index in [4.69, 9.17) is 23.4 Å². The standard InChI is InChI=1S/C3H12O11P2S/c1-3(2)12-15(4,5)13-16(6,7)14-17(8,9,10)11/h3H,1-2H3,(H,4,5)(H,6,7)(H3,8,9,10,11). The maximum absolute atomic E-state index is 11.0. The van der Waals surface area contributed by atoms with Gasteiger partial charge in [-0.2, -0.15) is 8.52 Å². The molecule has 14 heteroatoms. The molecule has 5 N–H and O–H groups in total. The average Bonchev–Trinajstić information content (AvgIpc) is 1.67. The van der Waals surface area contributed by atoms with E-state index in [0.29, 0.717) is 0 Å². The monoisotopic (exact) mass is 318 g/mol. The minimum atomic E-state index is -6.83. The number of hydrogen-bond acceptors (Lipinski definition) is 6. The Morgan fingerprint density at radius 1 is 1.06 bits per heavy atom. The molecule has 0 aromatic heterocycles. The molecule has 0 aromatic rings. The maximum Gasteiger partial charge on any atom is 0.497 e. The molecule has 11 nitrogen and oxygen atoms in total. The van der Waals surface area contributed by atoms with Crippen molar-refractivity contribution < 1.29 is 49.6 Å². The van der Waals surface area contributed by atoms with Crippen LogP contribution in [0.3, 0.4) is 0 Å². The van der Waals surface area contributed by atoms with Gasteiger partial charge in [0.05, 0.1) is 6.10 Å². The molecule has 0 saturated carbocycles. The smallest absolute Gasteiger partial charge is 0.302 e. The Hall–Kier alpha value is 0.290. The van der Waals surface area contributed by atoms with E-state index in [0.717, 1.165) is 0 Å². The summed E-state index contributed by atoms with van der Waals surface area (Å²) in [5, 5.41) is 0. The van der Waals surface area contributed by atoms with Gasteiger partial charge in [-0.05, 0) is 13.8 Å². The molecule has 0 fully saturated rings. The fraction of sp³-hybridized carbons (Fsp3) is 1.00. The van der Waals surface area contributed by atoms with Crippen molar-refractivity contribution in [1.29, 1.82) is 0 Å². The Balaban J connectivity index is 4.85. The molecule has 0 heterocycles. The van der Waals surface area contributed by atoms with Crippen LogP contribution in [-0.2, 0) is 32.1 Å². The van der Waals surface area contributed by atoms with Gasteiger partial charge in [-0.1, -0.05) is 0 Å². The first kappa shape index (κ1) is 17.3. The maximum atomic E-state index is 11.0. The molecule has 0 spiro atoms. The van der Waals surface area contributed by atoms with Crippen LogP contribution in [0.4, 0.5) is 0 Å². The largest absolute Gasteiger partial charge is 0.497 e. The zero-order chi connectivity index (χ0) is 14.1. The summed E-state index contributed by atoms with van der Waals surface area (Å²) < 4.78 is 67.5. The van der Waals surface area contributed by atoms with E-state index >= 15 is 0 Å². The quantitative estimate of drug-likeness (QED) is 0.437. The van der Waals surface area contributed by atoms with Crippen molar-refractivity contribution in [1.82, 2.24) is 0 Å². The predicted molar refractivity (Wildman–Crippen MR) is 54.1 cm³/mol. The van der Waals surface area contributed by atoms with E-state index in [1.165, 1.54) is 13.8 Å². The predicted octanol–water partition coefficient (Wildman–Crippen LogP) is 0.799. The van der Waals surface area contributed by atoms with E-state index in [1.807, 2.05) is 0 Å². The third-order valence-electron chi connectivity index (χ3n) is 0.775. The van der Waals surface area contributed by atoms with E-state index in [1.54, 1.807) is 0 Å². The van der Waals surface area contributed by atoms with Gasteiger partial charge in [-0.25, -0.2) is 9.13 Å². The third-order valence-corrected chi connectivity index (χ3v) is 4.91. The average molecular weight is 318 g/mol. The molecule has 0 rings (SSSR count). The molecule has 0 saturated heterocycles. The molecular formula is C3H12O11P2S. The van der Waals surface area contributed by atoms with Gasteiger partial charge in [0.2, 0.25) is 0 Å². The highest BCUT2D eigenvalue weighted by molar-refractivity contribution is 8.03. The van der Waals surface area contributed by atoms with E-state index < -0.39 is 31.9 Å². The second-order valence-electron chi connectivity index (χ2n) is 3.01.